The van der Waals surface area contributed by atoms with Crippen molar-refractivity contribution >= 4 is 65.4 Å². The summed E-state index contributed by atoms with van der Waals surface area (Å²) >= 11 is 0. The maximum absolute atomic E-state index is 12.5. The van der Waals surface area contributed by atoms with Crippen molar-refractivity contribution < 1.29 is 10.2 Å². The zero-order chi connectivity index (χ0) is 40.3. The fourth-order valence-corrected chi connectivity index (χ4v) is 7.60. The third-order valence-corrected chi connectivity index (χ3v) is 11.0. The quantitative estimate of drug-likeness (QED) is 0.171. The maximum atomic E-state index is 12.5. The van der Waals surface area contributed by atoms with Gasteiger partial charge in [-0.15, -0.1) is 0 Å². The van der Waals surface area contributed by atoms with Crippen molar-refractivity contribution in [1.82, 2.24) is 19.9 Å². The molecule has 0 radical (unpaired) electrons. The number of fused-ring (bicyclic) bond motifs is 9. The van der Waals surface area contributed by atoms with Crippen LogP contribution in [0.5, 0.6) is 11.5 Å². The highest BCUT2D eigenvalue weighted by molar-refractivity contribution is 6.08. The first-order valence-corrected chi connectivity index (χ1v) is 19.7. The second-order valence-corrected chi connectivity index (χ2v) is 17.1. The van der Waals surface area contributed by atoms with Crippen LogP contribution in [0.4, 0.5) is 0 Å². The fourth-order valence-electron chi connectivity index (χ4n) is 7.60. The molecule has 6 nitrogen and oxygen atoms in total. The van der Waals surface area contributed by atoms with E-state index in [0.29, 0.717) is 66.0 Å². The molecule has 58 heavy (non-hydrogen) atoms. The minimum absolute atomic E-state index is 0.0815. The molecule has 0 aliphatic carbocycles. The summed E-state index contributed by atoms with van der Waals surface area (Å²) in [7, 11) is 0. The Labute approximate surface area is 337 Å². The Morgan fingerprint density at radius 2 is 0.707 bits per heavy atom. The molecule has 0 saturated heterocycles. The largest absolute Gasteiger partial charge is 0.507 e. The number of aromatic hydroxyl groups is 2. The number of hydrogen-bond donors (Lipinski definition) is 2. The van der Waals surface area contributed by atoms with E-state index in [0.717, 1.165) is 33.0 Å². The van der Waals surface area contributed by atoms with Crippen LogP contribution in [-0.4, -0.2) is 30.1 Å². The van der Waals surface area contributed by atoms with E-state index in [9.17, 15) is 10.2 Å². The molecule has 9 aromatic rings. The lowest BCUT2D eigenvalue weighted by molar-refractivity contribution is 0.486. The molecule has 0 spiro atoms. The monoisotopic (exact) mass is 756 g/mol. The molecule has 3 aromatic heterocycles. The summed E-state index contributed by atoms with van der Waals surface area (Å²) in [5.41, 5.74) is 8.17. The number of aromatic nitrogens is 4. The van der Waals surface area contributed by atoms with Crippen LogP contribution >= 0.6 is 0 Å². The standard InChI is InChI=1S/C52H44N4O2/c1-51(2,3)35-27-37-41-25-23-33-21-22-34-24-26-42(54-48(34)47(33)53-41)38-28-36(52(4,5)6)30-40(50(38)58)46(32-17-11-8-12-18-32)56-44-20-14-13-19-43(44)55-45(39(29-35)49(37)57)31-15-9-7-10-16-31/h7-30,57-58H,1-6H3. The molecule has 8 bridgehead atoms. The number of benzene rings is 6. The van der Waals surface area contributed by atoms with Gasteiger partial charge in [-0.3, -0.25) is 0 Å². The highest BCUT2D eigenvalue weighted by Gasteiger charge is 2.21. The Kier molecular flexibility index (Phi) is 8.81. The van der Waals surface area contributed by atoms with E-state index >= 15 is 0 Å². The Hall–Kier alpha value is -6.92. The van der Waals surface area contributed by atoms with Crippen LogP contribution in [0.3, 0.4) is 0 Å². The van der Waals surface area contributed by atoms with Gasteiger partial charge in [-0.25, -0.2) is 19.9 Å². The summed E-state index contributed by atoms with van der Waals surface area (Å²) in [5, 5.41) is 29.2. The van der Waals surface area contributed by atoms with Crippen molar-refractivity contribution in [1.29, 1.82) is 0 Å². The van der Waals surface area contributed by atoms with Crippen molar-refractivity contribution in [3.8, 4) is 34.0 Å². The predicted octanol–water partition coefficient (Wildman–Crippen LogP) is 13.2. The van der Waals surface area contributed by atoms with E-state index < -0.39 is 0 Å². The molecule has 6 aromatic carbocycles. The average molecular weight is 757 g/mol. The van der Waals surface area contributed by atoms with Crippen molar-refractivity contribution in [3.05, 3.63) is 157 Å². The minimum atomic E-state index is -0.274. The molecule has 0 atom stereocenters. The van der Waals surface area contributed by atoms with Crippen LogP contribution < -0.4 is 0 Å². The van der Waals surface area contributed by atoms with Gasteiger partial charge in [0.15, 0.2) is 0 Å². The number of para-hydroxylation sites is 2. The smallest absolute Gasteiger partial charge is 0.134 e. The second-order valence-electron chi connectivity index (χ2n) is 17.1. The van der Waals surface area contributed by atoms with E-state index in [1.54, 1.807) is 0 Å². The molecule has 9 rings (SSSR count). The third kappa shape index (κ3) is 6.60. The first-order chi connectivity index (χ1) is 27.8. The summed E-state index contributed by atoms with van der Waals surface area (Å²) in [4.78, 5) is 21.4. The van der Waals surface area contributed by atoms with Gasteiger partial charge in [0.2, 0.25) is 0 Å². The van der Waals surface area contributed by atoms with Gasteiger partial charge in [-0.2, -0.15) is 0 Å². The van der Waals surface area contributed by atoms with Crippen molar-refractivity contribution in [2.75, 3.05) is 0 Å². The van der Waals surface area contributed by atoms with Crippen LogP contribution in [0.1, 0.15) is 52.7 Å². The predicted molar refractivity (Wildman–Crippen MR) is 241 cm³/mol. The van der Waals surface area contributed by atoms with Gasteiger partial charge in [0.05, 0.1) is 44.5 Å². The third-order valence-electron chi connectivity index (χ3n) is 11.0. The van der Waals surface area contributed by atoms with Crippen molar-refractivity contribution in [2.24, 2.45) is 0 Å². The molecule has 6 heteroatoms. The number of phenols is 2. The first kappa shape index (κ1) is 36.7. The molecule has 2 N–H and O–H groups in total. The van der Waals surface area contributed by atoms with Gasteiger partial charge >= 0.3 is 0 Å². The van der Waals surface area contributed by atoms with Gasteiger partial charge in [0, 0.05) is 43.4 Å². The van der Waals surface area contributed by atoms with E-state index in [1.165, 1.54) is 0 Å². The second kappa shape index (κ2) is 13.9. The Morgan fingerprint density at radius 1 is 0.362 bits per heavy atom. The van der Waals surface area contributed by atoms with Gasteiger partial charge in [-0.05, 0) is 70.5 Å². The number of pyridine rings is 2. The molecular formula is C52H44N4O2. The van der Waals surface area contributed by atoms with Crippen molar-refractivity contribution in [2.45, 2.75) is 52.4 Å². The lowest BCUT2D eigenvalue weighted by atomic mass is 9.85. The Balaban J connectivity index is 1.61. The summed E-state index contributed by atoms with van der Waals surface area (Å²) in [6, 6.07) is 47.9. The molecule has 0 aliphatic rings. The summed E-state index contributed by atoms with van der Waals surface area (Å²) < 4.78 is 0. The lowest BCUT2D eigenvalue weighted by Crippen LogP contribution is -2.11. The molecular weight excluding hydrogens is 713 g/mol. The highest BCUT2D eigenvalue weighted by atomic mass is 16.3. The van der Waals surface area contributed by atoms with Crippen LogP contribution in [0.25, 0.3) is 87.9 Å². The molecule has 0 fully saturated rings. The molecule has 284 valence electrons. The van der Waals surface area contributed by atoms with Crippen LogP contribution in [-0.2, 0) is 10.8 Å². The van der Waals surface area contributed by atoms with Crippen LogP contribution in [0, 0.1) is 0 Å². The Morgan fingerprint density at radius 3 is 1.09 bits per heavy atom. The van der Waals surface area contributed by atoms with Gasteiger partial charge in [-0.1, -0.05) is 139 Å². The lowest BCUT2D eigenvalue weighted by Gasteiger charge is -2.21. The Bertz CT molecular complexity index is 2990. The zero-order valence-electron chi connectivity index (χ0n) is 33.5. The summed E-state index contributed by atoms with van der Waals surface area (Å²) in [5.74, 6) is 0.163. The number of phenolic OH excluding ortho intramolecular Hbond substituents is 2. The summed E-state index contributed by atoms with van der Waals surface area (Å²) in [6.07, 6.45) is 0. The number of hydrogen-bond acceptors (Lipinski definition) is 6. The first-order valence-electron chi connectivity index (χ1n) is 19.7. The molecule has 0 amide bonds. The van der Waals surface area contributed by atoms with E-state index in [1.807, 2.05) is 133 Å². The van der Waals surface area contributed by atoms with Gasteiger partial charge in [0.1, 0.15) is 11.5 Å². The number of rotatable bonds is 2. The fraction of sp³-hybridized carbons (Fsp3) is 0.154. The topological polar surface area (TPSA) is 92.0 Å². The minimum Gasteiger partial charge on any atom is -0.507 e. The SMILES string of the molecule is CC(C)(C)c1cc2c(-c3ccccc3)nc3ccccc3nc(-c3ccccc3)c3cc(C(C)(C)C)cc(c3O)c3ccc4ccc5ccc(nc5c4n3)c(c1)c2O. The van der Waals surface area contributed by atoms with Gasteiger partial charge < -0.3 is 10.2 Å². The zero-order valence-corrected chi connectivity index (χ0v) is 33.5. The molecule has 0 unspecified atom stereocenters. The maximum Gasteiger partial charge on any atom is 0.134 e. The van der Waals surface area contributed by atoms with Crippen LogP contribution in [0.2, 0.25) is 0 Å². The summed E-state index contributed by atoms with van der Waals surface area (Å²) in [6.45, 7) is 13.0. The van der Waals surface area contributed by atoms with E-state index in [-0.39, 0.29) is 22.3 Å². The van der Waals surface area contributed by atoms with E-state index in [2.05, 4.69) is 53.7 Å². The van der Waals surface area contributed by atoms with Crippen molar-refractivity contribution in [3.63, 3.8) is 0 Å². The average Bonchev–Trinajstić information content (AvgIpc) is 3.22. The molecule has 0 aliphatic heterocycles. The van der Waals surface area contributed by atoms with E-state index in [4.69, 9.17) is 19.9 Å². The normalized spacial score (nSPS) is 12.1. The molecule has 3 heterocycles. The van der Waals surface area contributed by atoms with Crippen LogP contribution in [0.15, 0.2) is 146 Å². The van der Waals surface area contributed by atoms with Gasteiger partial charge in [0.25, 0.3) is 0 Å². The highest BCUT2D eigenvalue weighted by Crippen LogP contribution is 2.41. The number of nitrogens with zero attached hydrogens (tertiary/aromatic N) is 4. The molecule has 0 saturated carbocycles.